The Kier molecular flexibility index (Phi) is 5.32. The maximum atomic E-state index is 13.9. The zero-order valence-corrected chi connectivity index (χ0v) is 16.4. The highest BCUT2D eigenvalue weighted by Crippen LogP contribution is 2.22. The molecule has 3 aromatic rings. The fourth-order valence-electron chi connectivity index (χ4n) is 2.96. The molecule has 3 rings (SSSR count). The van der Waals surface area contributed by atoms with E-state index in [1.165, 1.54) is 6.07 Å². The van der Waals surface area contributed by atoms with Gasteiger partial charge in [-0.05, 0) is 33.8 Å². The molecule has 1 aromatic carbocycles. The smallest absolute Gasteiger partial charge is 0.246 e. The van der Waals surface area contributed by atoms with Gasteiger partial charge in [-0.25, -0.2) is 4.39 Å². The number of anilines is 1. The van der Waals surface area contributed by atoms with Crippen LogP contribution in [0.3, 0.4) is 0 Å². The second-order valence-corrected chi connectivity index (χ2v) is 6.86. The minimum absolute atomic E-state index is 0.0523. The molecule has 0 saturated heterocycles. The molecule has 142 valence electrons. The Labute approximate surface area is 161 Å². The first-order valence-electron chi connectivity index (χ1n) is 8.54. The number of rotatable bonds is 5. The van der Waals surface area contributed by atoms with Gasteiger partial charge in [0.2, 0.25) is 5.91 Å². The lowest BCUT2D eigenvalue weighted by Crippen LogP contribution is -2.21. The predicted molar refractivity (Wildman–Crippen MR) is 103 cm³/mol. The molecule has 0 atom stereocenters. The third kappa shape index (κ3) is 3.88. The van der Waals surface area contributed by atoms with Gasteiger partial charge in [0.1, 0.15) is 12.4 Å². The number of aryl methyl sites for hydroxylation is 2. The van der Waals surface area contributed by atoms with Crippen molar-refractivity contribution in [3.63, 3.8) is 0 Å². The summed E-state index contributed by atoms with van der Waals surface area (Å²) in [5, 5.41) is 12.1. The topological polar surface area (TPSA) is 64.7 Å². The van der Waals surface area contributed by atoms with Crippen LogP contribution in [0.5, 0.6) is 0 Å². The summed E-state index contributed by atoms with van der Waals surface area (Å²) >= 11 is 6.13. The predicted octanol–water partition coefficient (Wildman–Crippen LogP) is 3.79. The lowest BCUT2D eigenvalue weighted by atomic mass is 10.2. The molecule has 27 heavy (non-hydrogen) atoms. The summed E-state index contributed by atoms with van der Waals surface area (Å²) in [6.45, 7) is 7.61. The number of amides is 1. The third-order valence-corrected chi connectivity index (χ3v) is 5.06. The van der Waals surface area contributed by atoms with Crippen LogP contribution in [0.4, 0.5) is 10.1 Å². The normalized spacial score (nSPS) is 11.0. The number of carbonyl (C=O) groups is 1. The van der Waals surface area contributed by atoms with E-state index in [0.717, 1.165) is 11.4 Å². The van der Waals surface area contributed by atoms with E-state index in [0.29, 0.717) is 34.2 Å². The van der Waals surface area contributed by atoms with Gasteiger partial charge >= 0.3 is 0 Å². The molecule has 0 saturated carbocycles. The molecule has 8 heteroatoms. The van der Waals surface area contributed by atoms with Crippen molar-refractivity contribution in [2.75, 3.05) is 5.32 Å². The van der Waals surface area contributed by atoms with E-state index in [2.05, 4.69) is 15.5 Å². The minimum atomic E-state index is -0.281. The standard InChI is InChI=1S/C19H21ClFN5O/c1-11-18(20)13(3)26(23-11)10-17(27)22-19-12(2)24-25(14(19)4)9-15-7-5-6-8-16(15)21/h5-8H,9-10H2,1-4H3,(H,22,27). The van der Waals surface area contributed by atoms with Gasteiger partial charge < -0.3 is 5.32 Å². The minimum Gasteiger partial charge on any atom is -0.321 e. The van der Waals surface area contributed by atoms with Crippen molar-refractivity contribution in [2.45, 2.75) is 40.8 Å². The van der Waals surface area contributed by atoms with Gasteiger partial charge in [-0.1, -0.05) is 29.8 Å². The van der Waals surface area contributed by atoms with Crippen LogP contribution in [0.2, 0.25) is 5.02 Å². The Bertz CT molecular complexity index is 1010. The van der Waals surface area contributed by atoms with Crippen molar-refractivity contribution in [1.29, 1.82) is 0 Å². The van der Waals surface area contributed by atoms with E-state index in [4.69, 9.17) is 11.6 Å². The van der Waals surface area contributed by atoms with Gasteiger partial charge in [-0.2, -0.15) is 10.2 Å². The fourth-order valence-corrected chi connectivity index (χ4v) is 3.10. The van der Waals surface area contributed by atoms with Crippen LogP contribution in [0.1, 0.15) is 28.3 Å². The van der Waals surface area contributed by atoms with Crippen LogP contribution in [0, 0.1) is 33.5 Å². The first-order valence-corrected chi connectivity index (χ1v) is 8.92. The number of hydrogen-bond acceptors (Lipinski definition) is 3. The maximum Gasteiger partial charge on any atom is 0.246 e. The number of carbonyl (C=O) groups excluding carboxylic acids is 1. The molecule has 0 bridgehead atoms. The van der Waals surface area contributed by atoms with Crippen molar-refractivity contribution < 1.29 is 9.18 Å². The molecule has 0 aliphatic carbocycles. The Morgan fingerprint density at radius 1 is 1.07 bits per heavy atom. The van der Waals surface area contributed by atoms with E-state index in [9.17, 15) is 9.18 Å². The monoisotopic (exact) mass is 389 g/mol. The maximum absolute atomic E-state index is 13.9. The third-order valence-electron chi connectivity index (χ3n) is 4.51. The molecule has 2 aromatic heterocycles. The van der Waals surface area contributed by atoms with Crippen LogP contribution in [0.15, 0.2) is 24.3 Å². The van der Waals surface area contributed by atoms with Gasteiger partial charge in [0, 0.05) is 5.56 Å². The molecule has 0 aliphatic heterocycles. The number of halogens is 2. The van der Waals surface area contributed by atoms with Gasteiger partial charge in [0.05, 0.1) is 40.0 Å². The average Bonchev–Trinajstić information content (AvgIpc) is 3.01. The lowest BCUT2D eigenvalue weighted by molar-refractivity contribution is -0.116. The van der Waals surface area contributed by atoms with Gasteiger partial charge in [-0.15, -0.1) is 0 Å². The molecular formula is C19H21ClFN5O. The van der Waals surface area contributed by atoms with Crippen LogP contribution in [0.25, 0.3) is 0 Å². The highest BCUT2D eigenvalue weighted by molar-refractivity contribution is 6.31. The Morgan fingerprint density at radius 3 is 2.37 bits per heavy atom. The van der Waals surface area contributed by atoms with Crippen LogP contribution in [-0.4, -0.2) is 25.5 Å². The molecule has 2 heterocycles. The summed E-state index contributed by atoms with van der Waals surface area (Å²) in [6, 6.07) is 6.57. The molecule has 1 amide bonds. The van der Waals surface area contributed by atoms with Crippen molar-refractivity contribution in [3.8, 4) is 0 Å². The van der Waals surface area contributed by atoms with E-state index in [-0.39, 0.29) is 18.3 Å². The molecule has 6 nitrogen and oxygen atoms in total. The summed E-state index contributed by atoms with van der Waals surface area (Å²) in [7, 11) is 0. The van der Waals surface area contributed by atoms with E-state index in [1.807, 2.05) is 13.8 Å². The largest absolute Gasteiger partial charge is 0.321 e. The number of aromatic nitrogens is 4. The van der Waals surface area contributed by atoms with E-state index in [1.54, 1.807) is 41.4 Å². The average molecular weight is 390 g/mol. The second kappa shape index (κ2) is 7.52. The Morgan fingerprint density at radius 2 is 1.74 bits per heavy atom. The molecule has 0 radical (unpaired) electrons. The van der Waals surface area contributed by atoms with E-state index < -0.39 is 0 Å². The Balaban J connectivity index is 1.77. The van der Waals surface area contributed by atoms with Crippen LogP contribution < -0.4 is 5.32 Å². The fraction of sp³-hybridized carbons (Fsp3) is 0.316. The molecule has 1 N–H and O–H groups in total. The number of nitrogens with zero attached hydrogens (tertiary/aromatic N) is 4. The van der Waals surface area contributed by atoms with Gasteiger partial charge in [0.25, 0.3) is 0 Å². The number of benzene rings is 1. The van der Waals surface area contributed by atoms with Crippen molar-refractivity contribution in [1.82, 2.24) is 19.6 Å². The highest BCUT2D eigenvalue weighted by atomic mass is 35.5. The van der Waals surface area contributed by atoms with Crippen molar-refractivity contribution in [3.05, 3.63) is 63.4 Å². The number of nitrogens with one attached hydrogen (secondary N) is 1. The zero-order valence-electron chi connectivity index (χ0n) is 15.7. The zero-order chi connectivity index (χ0) is 19.7. The number of hydrogen-bond donors (Lipinski definition) is 1. The summed E-state index contributed by atoms with van der Waals surface area (Å²) < 4.78 is 17.2. The van der Waals surface area contributed by atoms with Crippen molar-refractivity contribution >= 4 is 23.2 Å². The first-order chi connectivity index (χ1) is 12.8. The SMILES string of the molecule is Cc1nn(CC(=O)Nc2c(C)nn(Cc3ccccc3F)c2C)c(C)c1Cl. The van der Waals surface area contributed by atoms with Crippen molar-refractivity contribution in [2.24, 2.45) is 0 Å². The van der Waals surface area contributed by atoms with Gasteiger partial charge in [-0.3, -0.25) is 14.2 Å². The lowest BCUT2D eigenvalue weighted by Gasteiger charge is -2.09. The molecule has 0 fully saturated rings. The molecule has 0 spiro atoms. The van der Waals surface area contributed by atoms with Crippen LogP contribution >= 0.6 is 11.6 Å². The summed E-state index contributed by atoms with van der Waals surface area (Å²) in [5.74, 6) is -0.508. The van der Waals surface area contributed by atoms with Crippen LogP contribution in [-0.2, 0) is 17.9 Å². The quantitative estimate of drug-likeness (QED) is 0.722. The second-order valence-electron chi connectivity index (χ2n) is 6.49. The molecule has 0 unspecified atom stereocenters. The molecule has 0 aliphatic rings. The Hall–Kier alpha value is -2.67. The molecular weight excluding hydrogens is 369 g/mol. The van der Waals surface area contributed by atoms with Gasteiger partial charge in [0.15, 0.2) is 0 Å². The summed E-state index contributed by atoms with van der Waals surface area (Å²) in [5.41, 5.74) is 4.03. The summed E-state index contributed by atoms with van der Waals surface area (Å²) in [4.78, 5) is 12.5. The van der Waals surface area contributed by atoms with E-state index >= 15 is 0 Å². The highest BCUT2D eigenvalue weighted by Gasteiger charge is 2.17. The summed E-state index contributed by atoms with van der Waals surface area (Å²) in [6.07, 6.45) is 0. The first kappa shape index (κ1) is 19.1.